The number of nitrogens with one attached hydrogen (secondary N) is 1. The number of furan rings is 1. The molecule has 0 saturated heterocycles. The highest BCUT2D eigenvalue weighted by Crippen LogP contribution is 2.16. The summed E-state index contributed by atoms with van der Waals surface area (Å²) in [4.78, 5) is 12.5. The van der Waals surface area contributed by atoms with Crippen LogP contribution in [0.3, 0.4) is 0 Å². The second-order valence-corrected chi connectivity index (χ2v) is 9.28. The van der Waals surface area contributed by atoms with Gasteiger partial charge in [0.1, 0.15) is 12.4 Å². The SMILES string of the molecule is Cc1cc(C)n(-c2ccc(COC(=O)c3cccc(S(=O)(=O)NCc4ccco4)c3)cc2)n1. The maximum absolute atomic E-state index is 12.5. The lowest BCUT2D eigenvalue weighted by molar-refractivity contribution is 0.0472. The topological polar surface area (TPSA) is 103 Å². The van der Waals surface area contributed by atoms with Crippen LogP contribution in [-0.4, -0.2) is 24.2 Å². The Bertz CT molecular complexity index is 1360. The van der Waals surface area contributed by atoms with E-state index in [4.69, 9.17) is 9.15 Å². The fourth-order valence-electron chi connectivity index (χ4n) is 3.31. The van der Waals surface area contributed by atoms with Gasteiger partial charge >= 0.3 is 5.97 Å². The summed E-state index contributed by atoms with van der Waals surface area (Å²) in [5, 5.41) is 4.45. The Balaban J connectivity index is 1.39. The van der Waals surface area contributed by atoms with Crippen molar-refractivity contribution in [3.05, 3.63) is 101 Å². The van der Waals surface area contributed by atoms with Gasteiger partial charge in [-0.3, -0.25) is 0 Å². The van der Waals surface area contributed by atoms with Crippen LogP contribution in [0.5, 0.6) is 0 Å². The molecule has 8 nitrogen and oxygen atoms in total. The van der Waals surface area contributed by atoms with Crippen LogP contribution >= 0.6 is 0 Å². The molecule has 0 radical (unpaired) electrons. The summed E-state index contributed by atoms with van der Waals surface area (Å²) in [6.45, 7) is 3.99. The highest BCUT2D eigenvalue weighted by atomic mass is 32.2. The first-order valence-corrected chi connectivity index (χ1v) is 11.7. The van der Waals surface area contributed by atoms with Gasteiger partial charge in [-0.1, -0.05) is 18.2 Å². The van der Waals surface area contributed by atoms with Gasteiger partial charge in [0, 0.05) is 5.69 Å². The van der Waals surface area contributed by atoms with Crippen molar-refractivity contribution in [1.29, 1.82) is 0 Å². The number of aryl methyl sites for hydroxylation is 2. The van der Waals surface area contributed by atoms with Gasteiger partial charge in [-0.25, -0.2) is 22.6 Å². The molecule has 0 aliphatic heterocycles. The van der Waals surface area contributed by atoms with Gasteiger partial charge in [0.25, 0.3) is 0 Å². The highest BCUT2D eigenvalue weighted by Gasteiger charge is 2.17. The molecule has 2 aromatic heterocycles. The van der Waals surface area contributed by atoms with Crippen molar-refractivity contribution in [1.82, 2.24) is 14.5 Å². The first kappa shape index (κ1) is 22.5. The van der Waals surface area contributed by atoms with Crippen LogP contribution in [0.2, 0.25) is 0 Å². The zero-order chi connectivity index (χ0) is 23.4. The van der Waals surface area contributed by atoms with Gasteiger partial charge in [0.05, 0.1) is 34.6 Å². The summed E-state index contributed by atoms with van der Waals surface area (Å²) in [6, 6.07) is 18.6. The zero-order valence-electron chi connectivity index (χ0n) is 18.2. The molecule has 0 aliphatic carbocycles. The molecule has 2 aromatic carbocycles. The molecule has 4 aromatic rings. The summed E-state index contributed by atoms with van der Waals surface area (Å²) >= 11 is 0. The van der Waals surface area contributed by atoms with Gasteiger partial charge in [0.2, 0.25) is 10.0 Å². The molecule has 33 heavy (non-hydrogen) atoms. The van der Waals surface area contributed by atoms with E-state index in [-0.39, 0.29) is 23.6 Å². The number of nitrogens with zero attached hydrogens (tertiary/aromatic N) is 2. The zero-order valence-corrected chi connectivity index (χ0v) is 19.0. The van der Waals surface area contributed by atoms with Crippen LogP contribution in [0.4, 0.5) is 0 Å². The van der Waals surface area contributed by atoms with Crippen LogP contribution in [0.1, 0.15) is 33.1 Å². The fourth-order valence-corrected chi connectivity index (χ4v) is 4.35. The van der Waals surface area contributed by atoms with E-state index in [1.807, 2.05) is 48.9 Å². The van der Waals surface area contributed by atoms with Crippen LogP contribution in [0.15, 0.2) is 82.3 Å². The maximum Gasteiger partial charge on any atom is 0.338 e. The molecule has 9 heteroatoms. The number of carbonyl (C=O) groups is 1. The van der Waals surface area contributed by atoms with Crippen molar-refractivity contribution in [2.75, 3.05) is 0 Å². The maximum atomic E-state index is 12.5. The molecule has 0 bridgehead atoms. The van der Waals surface area contributed by atoms with E-state index in [1.165, 1.54) is 30.5 Å². The number of esters is 1. The molecule has 1 N–H and O–H groups in total. The van der Waals surface area contributed by atoms with Crippen molar-refractivity contribution < 1.29 is 22.4 Å². The van der Waals surface area contributed by atoms with Crippen molar-refractivity contribution in [3.63, 3.8) is 0 Å². The van der Waals surface area contributed by atoms with Crippen LogP contribution in [0, 0.1) is 13.8 Å². The summed E-state index contributed by atoms with van der Waals surface area (Å²) in [5.74, 6) is -0.126. The van der Waals surface area contributed by atoms with Gasteiger partial charge in [-0.15, -0.1) is 0 Å². The second kappa shape index (κ2) is 9.43. The van der Waals surface area contributed by atoms with Crippen molar-refractivity contribution in [3.8, 4) is 5.69 Å². The average Bonchev–Trinajstić information content (AvgIpc) is 3.45. The Morgan fingerprint density at radius 1 is 1.06 bits per heavy atom. The Kier molecular flexibility index (Phi) is 6.43. The molecule has 0 fully saturated rings. The van der Waals surface area contributed by atoms with E-state index >= 15 is 0 Å². The molecule has 0 saturated carbocycles. The monoisotopic (exact) mass is 465 g/mol. The number of ether oxygens (including phenoxy) is 1. The third kappa shape index (κ3) is 5.39. The molecular weight excluding hydrogens is 442 g/mol. The molecule has 170 valence electrons. The van der Waals surface area contributed by atoms with Crippen LogP contribution in [0.25, 0.3) is 5.69 Å². The van der Waals surface area contributed by atoms with Gasteiger partial charge in [-0.2, -0.15) is 5.10 Å². The van der Waals surface area contributed by atoms with Crippen LogP contribution in [-0.2, 0) is 27.9 Å². The van der Waals surface area contributed by atoms with Gasteiger partial charge < -0.3 is 9.15 Å². The predicted octanol–water partition coefficient (Wildman–Crippen LogP) is 3.92. The number of sulfonamides is 1. The predicted molar refractivity (Wildman–Crippen MR) is 121 cm³/mol. The summed E-state index contributed by atoms with van der Waals surface area (Å²) in [5.41, 5.74) is 3.83. The number of hydrogen-bond donors (Lipinski definition) is 1. The van der Waals surface area contributed by atoms with E-state index in [0.717, 1.165) is 22.6 Å². The highest BCUT2D eigenvalue weighted by molar-refractivity contribution is 7.89. The van der Waals surface area contributed by atoms with E-state index in [2.05, 4.69) is 9.82 Å². The Morgan fingerprint density at radius 3 is 2.52 bits per heavy atom. The minimum atomic E-state index is -3.82. The number of rotatable bonds is 8. The van der Waals surface area contributed by atoms with Crippen molar-refractivity contribution in [2.24, 2.45) is 0 Å². The molecular formula is C24H23N3O5S. The first-order valence-electron chi connectivity index (χ1n) is 10.2. The quantitative estimate of drug-likeness (QED) is 0.396. The molecule has 0 amide bonds. The Hall–Kier alpha value is -3.69. The number of aromatic nitrogens is 2. The summed E-state index contributed by atoms with van der Waals surface area (Å²) in [6.07, 6.45) is 1.47. The van der Waals surface area contributed by atoms with Gasteiger partial charge in [-0.05, 0) is 67.9 Å². The Labute approximate surface area is 191 Å². The molecule has 0 spiro atoms. The van der Waals surface area contributed by atoms with Crippen LogP contribution < -0.4 is 4.72 Å². The third-order valence-corrected chi connectivity index (χ3v) is 6.36. The fraction of sp³-hybridized carbons (Fsp3) is 0.167. The second-order valence-electron chi connectivity index (χ2n) is 7.51. The summed E-state index contributed by atoms with van der Waals surface area (Å²) < 4.78 is 39.9. The lowest BCUT2D eigenvalue weighted by Crippen LogP contribution is -2.23. The standard InChI is InChI=1S/C24H23N3O5S/c1-17-13-18(2)27(26-17)21-10-8-19(9-11-21)16-32-24(28)20-5-3-7-23(14-20)33(29,30)25-15-22-6-4-12-31-22/h3-14,25H,15-16H2,1-2H3. The number of benzene rings is 2. The molecule has 0 unspecified atom stereocenters. The lowest BCUT2D eigenvalue weighted by atomic mass is 10.2. The average molecular weight is 466 g/mol. The van der Waals surface area contributed by atoms with Crippen molar-refractivity contribution >= 4 is 16.0 Å². The minimum Gasteiger partial charge on any atom is -0.468 e. The number of hydrogen-bond acceptors (Lipinski definition) is 6. The van der Waals surface area contributed by atoms with Crippen molar-refractivity contribution in [2.45, 2.75) is 31.9 Å². The van der Waals surface area contributed by atoms with E-state index in [0.29, 0.717) is 5.76 Å². The molecule has 0 atom stereocenters. The number of carbonyl (C=O) groups excluding carboxylic acids is 1. The van der Waals surface area contributed by atoms with Gasteiger partial charge in [0.15, 0.2) is 0 Å². The lowest BCUT2D eigenvalue weighted by Gasteiger charge is -2.09. The van der Waals surface area contributed by atoms with E-state index < -0.39 is 16.0 Å². The third-order valence-electron chi connectivity index (χ3n) is 4.96. The largest absolute Gasteiger partial charge is 0.468 e. The summed E-state index contributed by atoms with van der Waals surface area (Å²) in [7, 11) is -3.82. The molecule has 4 rings (SSSR count). The normalized spacial score (nSPS) is 11.5. The first-order chi connectivity index (χ1) is 15.8. The smallest absolute Gasteiger partial charge is 0.338 e. The Morgan fingerprint density at radius 2 is 1.85 bits per heavy atom. The van der Waals surface area contributed by atoms with E-state index in [9.17, 15) is 13.2 Å². The van der Waals surface area contributed by atoms with E-state index in [1.54, 1.807) is 12.1 Å². The molecule has 0 aliphatic rings. The minimum absolute atomic E-state index is 0.0115. The molecule has 2 heterocycles.